The number of hydroxylamine groups is 2. The number of carbonyl (C=O) groups is 9. The molecule has 0 aliphatic rings. The lowest BCUT2D eigenvalue weighted by molar-refractivity contribution is -0.202. The Morgan fingerprint density at radius 3 is 1.50 bits per heavy atom. The fourth-order valence-electron chi connectivity index (χ4n) is 14.2. The molecular weight excluding hydrogens is 1590 g/mol. The second kappa shape index (κ2) is 41.7. The van der Waals surface area contributed by atoms with Crippen molar-refractivity contribution in [1.82, 2.24) is 23.7 Å². The number of hydrogen-bond donors (Lipinski definition) is 0. The van der Waals surface area contributed by atoms with Crippen molar-refractivity contribution >= 4 is 142 Å². The van der Waals surface area contributed by atoms with Crippen molar-refractivity contribution in [2.75, 3.05) is 7.11 Å². The number of rotatable bonds is 23. The maximum atomic E-state index is 13.8. The van der Waals surface area contributed by atoms with Gasteiger partial charge in [-0.15, -0.1) is 0 Å². The Hall–Kier alpha value is -15.4. The average Bonchev–Trinajstić information content (AvgIpc) is 1.59. The van der Waals surface area contributed by atoms with E-state index in [1.165, 1.54) is 44.7 Å². The van der Waals surface area contributed by atoms with E-state index in [9.17, 15) is 43.2 Å². The number of Topliss-reactive ketones (excluding diaryl/α,β-unsaturated/α-hetero) is 1. The summed E-state index contributed by atoms with van der Waals surface area (Å²) in [7, 11) is 1.62. The quantitative estimate of drug-likeness (QED) is 0.0189. The SMILES string of the molecule is CCn1c2ccc(C(=O)c3cccc4ccccc34)cc2c2cc(/C(CC(C)N(OC(C)=O)C(C)=O)=N/OC(C)=O)ccc21.CCn1c2ccc(C(=O)c3ccccc3C)cc2c2cc(/C(C)=N/OC(C)=O)ccc21.COc1ccc(/C=C/C(=O)n2ccnc2)cc1.Cc1ccccc1/C(=N/OC(=O)c1ccccc1)C(=O)c1ccc(Sc2ccccc2)cc1. The number of methoxy groups -OCH3 is 1. The van der Waals surface area contributed by atoms with Gasteiger partial charge in [-0.3, -0.25) is 33.3 Å². The normalized spacial score (nSPS) is 11.7. The van der Waals surface area contributed by atoms with E-state index in [1.807, 2.05) is 244 Å². The molecule has 0 radical (unpaired) electrons. The second-order valence-corrected chi connectivity index (χ2v) is 30.1. The predicted octanol–water partition coefficient (Wildman–Crippen LogP) is 21.0. The van der Waals surface area contributed by atoms with Crippen molar-refractivity contribution in [3.8, 4) is 5.75 Å². The van der Waals surface area contributed by atoms with Gasteiger partial charge < -0.3 is 33.2 Å². The molecule has 125 heavy (non-hydrogen) atoms. The van der Waals surface area contributed by atoms with E-state index in [4.69, 9.17) is 24.1 Å². The molecule has 15 rings (SSSR count). The molecule has 0 aliphatic heterocycles. The maximum absolute atomic E-state index is 13.8. The van der Waals surface area contributed by atoms with Crippen LogP contribution in [0, 0.1) is 13.8 Å². The first-order chi connectivity index (χ1) is 60.4. The topological polar surface area (TPSA) is 268 Å². The minimum absolute atomic E-state index is 0.0150. The van der Waals surface area contributed by atoms with E-state index >= 15 is 0 Å². The number of imidazole rings is 1. The number of aromatic nitrogens is 4. The molecule has 1 unspecified atom stereocenters. The zero-order chi connectivity index (χ0) is 88.8. The number of carbonyl (C=O) groups excluding carboxylic acids is 9. The molecule has 15 aromatic rings. The van der Waals surface area contributed by atoms with Crippen molar-refractivity contribution in [2.45, 2.75) is 105 Å². The van der Waals surface area contributed by atoms with Gasteiger partial charge in [0, 0.05) is 158 Å². The van der Waals surface area contributed by atoms with E-state index in [0.29, 0.717) is 62.5 Å². The number of allylic oxidation sites excluding steroid dienone is 1. The summed E-state index contributed by atoms with van der Waals surface area (Å²) >= 11 is 1.62. The monoisotopic (exact) mass is 1680 g/mol. The summed E-state index contributed by atoms with van der Waals surface area (Å²) in [6.45, 7) is 18.1. The third kappa shape index (κ3) is 22.1. The number of benzene rings is 12. The lowest BCUT2D eigenvalue weighted by Crippen LogP contribution is -2.39. The number of hydrogen-bond acceptors (Lipinski definition) is 19. The average molecular weight is 1680 g/mol. The van der Waals surface area contributed by atoms with E-state index in [0.717, 1.165) is 104 Å². The minimum Gasteiger partial charge on any atom is -0.497 e. The first kappa shape index (κ1) is 88.9. The number of amides is 1. The van der Waals surface area contributed by atoms with Gasteiger partial charge >= 0.3 is 23.9 Å². The number of oxime groups is 3. The van der Waals surface area contributed by atoms with Crippen LogP contribution in [0.3, 0.4) is 0 Å². The van der Waals surface area contributed by atoms with E-state index in [-0.39, 0.29) is 35.4 Å². The van der Waals surface area contributed by atoms with Crippen LogP contribution in [0.15, 0.2) is 323 Å². The second-order valence-electron chi connectivity index (χ2n) is 29.0. The highest BCUT2D eigenvalue weighted by molar-refractivity contribution is 7.99. The van der Waals surface area contributed by atoms with Gasteiger partial charge in [0.05, 0.1) is 30.1 Å². The van der Waals surface area contributed by atoms with E-state index < -0.39 is 35.8 Å². The van der Waals surface area contributed by atoms with Gasteiger partial charge in [-0.2, -0.15) is 5.06 Å². The summed E-state index contributed by atoms with van der Waals surface area (Å²) in [6, 6.07) is 84.8. The van der Waals surface area contributed by atoms with Gasteiger partial charge in [0.25, 0.3) is 11.8 Å². The van der Waals surface area contributed by atoms with E-state index in [1.54, 1.807) is 93.7 Å². The van der Waals surface area contributed by atoms with Crippen LogP contribution >= 0.6 is 11.8 Å². The van der Waals surface area contributed by atoms with Crippen LogP contribution in [0.25, 0.3) is 60.5 Å². The first-order valence-electron chi connectivity index (χ1n) is 40.2. The van der Waals surface area contributed by atoms with Crippen LogP contribution in [0.1, 0.15) is 153 Å². The van der Waals surface area contributed by atoms with Gasteiger partial charge in [0.15, 0.2) is 17.3 Å². The molecule has 0 N–H and O–H groups in total. The largest absolute Gasteiger partial charge is 0.497 e. The highest BCUT2D eigenvalue weighted by Gasteiger charge is 2.27. The molecule has 628 valence electrons. The Balaban J connectivity index is 0.000000158. The van der Waals surface area contributed by atoms with Gasteiger partial charge in [-0.25, -0.2) is 19.4 Å². The maximum Gasteiger partial charge on any atom is 0.365 e. The Bertz CT molecular complexity index is 6660. The van der Waals surface area contributed by atoms with Crippen molar-refractivity contribution < 1.29 is 67.2 Å². The van der Waals surface area contributed by atoms with Gasteiger partial charge in [0.1, 0.15) is 12.1 Å². The molecule has 23 heteroatoms. The third-order valence-corrected chi connectivity index (χ3v) is 21.3. The van der Waals surface area contributed by atoms with Crippen LogP contribution < -0.4 is 4.74 Å². The molecule has 1 amide bonds. The van der Waals surface area contributed by atoms with Crippen LogP contribution in [-0.4, -0.2) is 107 Å². The number of ketones is 3. The zero-order valence-corrected chi connectivity index (χ0v) is 71.6. The highest BCUT2D eigenvalue weighted by atomic mass is 32.2. The fraction of sp³-hybridized carbons (Fsp3) is 0.147. The lowest BCUT2D eigenvalue weighted by atomic mass is 9.96. The molecule has 0 bridgehead atoms. The highest BCUT2D eigenvalue weighted by Crippen LogP contribution is 2.36. The molecule has 0 aliphatic carbocycles. The molecule has 0 spiro atoms. The molecule has 0 saturated heterocycles. The lowest BCUT2D eigenvalue weighted by Gasteiger charge is -2.26. The van der Waals surface area contributed by atoms with E-state index in [2.05, 4.69) is 43.4 Å². The number of ether oxygens (including phenoxy) is 1. The Morgan fingerprint density at radius 1 is 0.464 bits per heavy atom. The molecule has 22 nitrogen and oxygen atoms in total. The molecule has 1 atom stereocenters. The molecule has 3 aromatic heterocycles. The Kier molecular flexibility index (Phi) is 29.7. The van der Waals surface area contributed by atoms with Gasteiger partial charge in [0.2, 0.25) is 5.78 Å². The van der Waals surface area contributed by atoms with Crippen LogP contribution in [0.5, 0.6) is 5.75 Å². The summed E-state index contributed by atoms with van der Waals surface area (Å²) in [5, 5.41) is 18.7. The summed E-state index contributed by atoms with van der Waals surface area (Å²) in [4.78, 5) is 137. The zero-order valence-electron chi connectivity index (χ0n) is 70.8. The van der Waals surface area contributed by atoms with Gasteiger partial charge in [-0.1, -0.05) is 179 Å². The number of aryl methyl sites for hydroxylation is 4. The van der Waals surface area contributed by atoms with Crippen LogP contribution in [0.2, 0.25) is 0 Å². The standard InChI is InChI=1S/C35H33N3O6.C28H21NO3S.C26H24N2O3.C13H12N2O2/c1-6-37-33-16-14-26(32(36-43-23(4)40)18-21(2)38(22(3)39)44-24(5)41)19-30(33)31-20-27(15-17-34(31)37)35(42)29-13-9-11-25-10-7-8-12-28(25)29;1-20-10-8-9-15-25(20)26(29-32-28(31)22-11-4-2-5-12-22)27(30)21-16-18-24(19-17-21)33-23-13-6-3-7-14-23;1-5-28-24-12-10-19(17(3)27-31-18(4)29)14-22(24)23-15-20(11-13-25(23)28)26(30)21-9-7-6-8-16(21)2;1-17-12-5-2-11(3-6-12)4-7-13(16)15-9-8-14-10-15/h7-17,19-21H,6,18H2,1-5H3;2-19H,1H3;6-15H,5H2,1-4H3;2-10H,1H3/b36-32+;29-26-;27-17+;7-4+. The van der Waals surface area contributed by atoms with Crippen molar-refractivity contribution in [3.05, 3.63) is 365 Å². The predicted molar refractivity (Wildman–Crippen MR) is 489 cm³/mol. The molecule has 3 heterocycles. The first-order valence-corrected chi connectivity index (χ1v) is 41.0. The number of fused-ring (bicyclic) bond motifs is 7. The Labute approximate surface area is 726 Å². The molecule has 0 fully saturated rings. The summed E-state index contributed by atoms with van der Waals surface area (Å²) < 4.78 is 10.9. The minimum atomic E-state index is -0.631. The van der Waals surface area contributed by atoms with Crippen LogP contribution in [0.4, 0.5) is 0 Å². The molecular formula is C102H90N8O14S. The van der Waals surface area contributed by atoms with Crippen molar-refractivity contribution in [3.63, 3.8) is 0 Å². The Morgan fingerprint density at radius 2 is 0.952 bits per heavy atom. The smallest absolute Gasteiger partial charge is 0.365 e. The molecule has 12 aromatic carbocycles. The summed E-state index contributed by atoms with van der Waals surface area (Å²) in [6.07, 6.45) is 8.04. The van der Waals surface area contributed by atoms with Crippen molar-refractivity contribution in [1.29, 1.82) is 0 Å². The van der Waals surface area contributed by atoms with Crippen LogP contribution in [-0.2, 0) is 51.6 Å². The van der Waals surface area contributed by atoms with Gasteiger partial charge in [-0.05, 0) is 202 Å². The van der Waals surface area contributed by atoms with Crippen molar-refractivity contribution in [2.24, 2.45) is 15.5 Å². The fourth-order valence-corrected chi connectivity index (χ4v) is 15.0. The summed E-state index contributed by atoms with van der Waals surface area (Å²) in [5.74, 6) is -2.47. The summed E-state index contributed by atoms with van der Waals surface area (Å²) in [5.41, 5.74) is 13.5. The number of nitrogens with zero attached hydrogens (tertiary/aromatic N) is 8. The third-order valence-electron chi connectivity index (χ3n) is 20.3. The molecule has 0 saturated carbocycles.